The fourth-order valence-corrected chi connectivity index (χ4v) is 1.78. The van der Waals surface area contributed by atoms with E-state index in [9.17, 15) is 4.79 Å². The van der Waals surface area contributed by atoms with Gasteiger partial charge in [-0.1, -0.05) is 13.8 Å². The molecule has 1 amide bonds. The number of carbonyl (C=O) groups is 1. The van der Waals surface area contributed by atoms with Gasteiger partial charge in [-0.25, -0.2) is 0 Å². The van der Waals surface area contributed by atoms with Crippen LogP contribution >= 0.6 is 0 Å². The van der Waals surface area contributed by atoms with Crippen LogP contribution in [0.15, 0.2) is 0 Å². The van der Waals surface area contributed by atoms with Gasteiger partial charge in [-0.15, -0.1) is 0 Å². The lowest BCUT2D eigenvalue weighted by Crippen LogP contribution is -2.42. The highest BCUT2D eigenvalue weighted by Crippen LogP contribution is 2.31. The summed E-state index contributed by atoms with van der Waals surface area (Å²) in [6.45, 7) is 9.49. The van der Waals surface area contributed by atoms with Gasteiger partial charge in [0.05, 0.1) is 12.0 Å². The maximum absolute atomic E-state index is 12.0. The third-order valence-electron chi connectivity index (χ3n) is 2.94. The molecule has 1 aliphatic rings. The number of likely N-dealkylation sites (tertiary alicyclic amines) is 1. The molecule has 0 saturated carbocycles. The Kier molecular flexibility index (Phi) is 2.91. The van der Waals surface area contributed by atoms with Gasteiger partial charge >= 0.3 is 0 Å². The number of hydrogen-bond acceptors (Lipinski definition) is 2. The standard InChI is InChI=1S/C11H21NO2/c1-10(2)5-6-12(7-10)9(14)11(3,4)8-13/h13H,5-8H2,1-4H3. The van der Waals surface area contributed by atoms with Crippen LogP contribution in [-0.4, -0.2) is 35.6 Å². The van der Waals surface area contributed by atoms with Crippen molar-refractivity contribution in [1.82, 2.24) is 4.90 Å². The van der Waals surface area contributed by atoms with Gasteiger partial charge in [-0.2, -0.15) is 0 Å². The lowest BCUT2D eigenvalue weighted by molar-refractivity contribution is -0.141. The van der Waals surface area contributed by atoms with E-state index in [0.29, 0.717) is 0 Å². The Labute approximate surface area is 86.1 Å². The van der Waals surface area contributed by atoms with E-state index in [1.165, 1.54) is 0 Å². The molecule has 0 aromatic heterocycles. The van der Waals surface area contributed by atoms with Crippen molar-refractivity contribution < 1.29 is 9.90 Å². The van der Waals surface area contributed by atoms with E-state index in [-0.39, 0.29) is 17.9 Å². The quantitative estimate of drug-likeness (QED) is 0.727. The van der Waals surface area contributed by atoms with Crippen molar-refractivity contribution in [1.29, 1.82) is 0 Å². The second kappa shape index (κ2) is 3.54. The normalized spacial score (nSPS) is 21.4. The predicted octanol–water partition coefficient (Wildman–Crippen LogP) is 1.26. The summed E-state index contributed by atoms with van der Waals surface area (Å²) < 4.78 is 0. The molecule has 0 atom stereocenters. The van der Waals surface area contributed by atoms with Crippen LogP contribution in [-0.2, 0) is 4.79 Å². The Hall–Kier alpha value is -0.570. The van der Waals surface area contributed by atoms with Gasteiger partial charge in [-0.05, 0) is 25.7 Å². The van der Waals surface area contributed by atoms with Crippen LogP contribution in [0.25, 0.3) is 0 Å². The molecule has 0 bridgehead atoms. The number of hydrogen-bond donors (Lipinski definition) is 1. The monoisotopic (exact) mass is 199 g/mol. The molecule has 1 N–H and O–H groups in total. The zero-order valence-corrected chi connectivity index (χ0v) is 9.63. The molecule has 14 heavy (non-hydrogen) atoms. The number of carbonyl (C=O) groups excluding carboxylic acids is 1. The molecule has 0 spiro atoms. The van der Waals surface area contributed by atoms with E-state index in [1.807, 2.05) is 4.90 Å². The molecule has 1 aliphatic heterocycles. The molecule has 3 nitrogen and oxygen atoms in total. The summed E-state index contributed by atoms with van der Waals surface area (Å²) in [4.78, 5) is 13.8. The van der Waals surface area contributed by atoms with E-state index in [4.69, 9.17) is 5.11 Å². The minimum absolute atomic E-state index is 0.0746. The smallest absolute Gasteiger partial charge is 0.230 e. The highest BCUT2D eigenvalue weighted by atomic mass is 16.3. The molecule has 1 fully saturated rings. The first kappa shape index (κ1) is 11.5. The minimum atomic E-state index is -0.625. The Morgan fingerprint density at radius 2 is 2.07 bits per heavy atom. The average Bonchev–Trinajstić information content (AvgIpc) is 2.44. The van der Waals surface area contributed by atoms with Gasteiger partial charge in [0.25, 0.3) is 0 Å². The summed E-state index contributed by atoms with van der Waals surface area (Å²) in [5.41, 5.74) is -0.387. The second-order valence-corrected chi connectivity index (χ2v) is 5.68. The van der Waals surface area contributed by atoms with Crippen molar-refractivity contribution in [2.24, 2.45) is 10.8 Å². The molecular formula is C11H21NO2. The van der Waals surface area contributed by atoms with Gasteiger partial charge < -0.3 is 10.0 Å². The fourth-order valence-electron chi connectivity index (χ4n) is 1.78. The second-order valence-electron chi connectivity index (χ2n) is 5.68. The largest absolute Gasteiger partial charge is 0.395 e. The van der Waals surface area contributed by atoms with Gasteiger partial charge in [0.15, 0.2) is 0 Å². The van der Waals surface area contributed by atoms with Crippen molar-refractivity contribution in [3.8, 4) is 0 Å². The molecule has 0 aromatic carbocycles. The van der Waals surface area contributed by atoms with E-state index >= 15 is 0 Å². The number of rotatable bonds is 2. The molecule has 1 saturated heterocycles. The third-order valence-corrected chi connectivity index (χ3v) is 2.94. The minimum Gasteiger partial charge on any atom is -0.395 e. The summed E-state index contributed by atoms with van der Waals surface area (Å²) in [5, 5.41) is 9.11. The number of amides is 1. The van der Waals surface area contributed by atoms with E-state index in [2.05, 4.69) is 13.8 Å². The lowest BCUT2D eigenvalue weighted by atomic mass is 9.91. The van der Waals surface area contributed by atoms with Crippen LogP contribution in [0.2, 0.25) is 0 Å². The van der Waals surface area contributed by atoms with Gasteiger partial charge in [0.2, 0.25) is 5.91 Å². The predicted molar refractivity (Wildman–Crippen MR) is 55.8 cm³/mol. The van der Waals surface area contributed by atoms with Gasteiger partial charge in [0, 0.05) is 13.1 Å². The van der Waals surface area contributed by atoms with Crippen LogP contribution in [0.1, 0.15) is 34.1 Å². The summed E-state index contributed by atoms with van der Waals surface area (Å²) in [7, 11) is 0. The van der Waals surface area contributed by atoms with E-state index < -0.39 is 5.41 Å². The number of nitrogens with zero attached hydrogens (tertiary/aromatic N) is 1. The Balaban J connectivity index is 2.65. The van der Waals surface area contributed by atoms with E-state index in [1.54, 1.807) is 13.8 Å². The van der Waals surface area contributed by atoms with Gasteiger partial charge in [0.1, 0.15) is 0 Å². The summed E-state index contributed by atoms with van der Waals surface area (Å²) in [6.07, 6.45) is 1.06. The summed E-state index contributed by atoms with van der Waals surface area (Å²) in [5.74, 6) is 0.0746. The van der Waals surface area contributed by atoms with Crippen LogP contribution in [0.3, 0.4) is 0 Å². The molecule has 0 aromatic rings. The van der Waals surface area contributed by atoms with Crippen molar-refractivity contribution in [3.63, 3.8) is 0 Å². The number of aliphatic hydroxyl groups excluding tert-OH is 1. The molecule has 1 heterocycles. The number of aliphatic hydroxyl groups is 1. The molecule has 1 rings (SSSR count). The zero-order valence-electron chi connectivity index (χ0n) is 9.63. The van der Waals surface area contributed by atoms with Crippen molar-refractivity contribution in [2.45, 2.75) is 34.1 Å². The SMILES string of the molecule is CC1(C)CCN(C(=O)C(C)(C)CO)C1. The highest BCUT2D eigenvalue weighted by Gasteiger charge is 2.38. The Morgan fingerprint density at radius 3 is 2.43 bits per heavy atom. The highest BCUT2D eigenvalue weighted by molar-refractivity contribution is 5.82. The maximum atomic E-state index is 12.0. The first-order chi connectivity index (χ1) is 6.28. The molecule has 0 unspecified atom stereocenters. The summed E-state index contributed by atoms with van der Waals surface area (Å²) >= 11 is 0. The molecular weight excluding hydrogens is 178 g/mol. The van der Waals surface area contributed by atoms with Crippen LogP contribution in [0.5, 0.6) is 0 Å². The maximum Gasteiger partial charge on any atom is 0.230 e. The topological polar surface area (TPSA) is 40.5 Å². The third kappa shape index (κ3) is 2.27. The van der Waals surface area contributed by atoms with Gasteiger partial charge in [-0.3, -0.25) is 4.79 Å². The first-order valence-corrected chi connectivity index (χ1v) is 5.19. The Morgan fingerprint density at radius 1 is 1.50 bits per heavy atom. The summed E-state index contributed by atoms with van der Waals surface area (Å²) in [6, 6.07) is 0. The molecule has 82 valence electrons. The van der Waals surface area contributed by atoms with E-state index in [0.717, 1.165) is 19.5 Å². The molecule has 0 aliphatic carbocycles. The Bertz CT molecular complexity index is 233. The molecule has 3 heteroatoms. The van der Waals surface area contributed by atoms with Crippen molar-refractivity contribution in [2.75, 3.05) is 19.7 Å². The lowest BCUT2D eigenvalue weighted by Gasteiger charge is -2.28. The zero-order chi connectivity index (χ0) is 11.0. The fraction of sp³-hybridized carbons (Fsp3) is 0.909. The average molecular weight is 199 g/mol. The van der Waals surface area contributed by atoms with Crippen molar-refractivity contribution in [3.05, 3.63) is 0 Å². The van der Waals surface area contributed by atoms with Crippen LogP contribution in [0.4, 0.5) is 0 Å². The van der Waals surface area contributed by atoms with Crippen LogP contribution < -0.4 is 0 Å². The molecule has 0 radical (unpaired) electrons. The first-order valence-electron chi connectivity index (χ1n) is 5.19. The van der Waals surface area contributed by atoms with Crippen molar-refractivity contribution >= 4 is 5.91 Å². The van der Waals surface area contributed by atoms with Crippen LogP contribution in [0, 0.1) is 10.8 Å².